The normalized spacial score (nSPS) is 11.9. The second kappa shape index (κ2) is 6.44. The lowest BCUT2D eigenvalue weighted by Crippen LogP contribution is -2.35. The first-order valence-electron chi connectivity index (χ1n) is 6.00. The van der Waals surface area contributed by atoms with Crippen LogP contribution in [0.15, 0.2) is 18.3 Å². The van der Waals surface area contributed by atoms with Gasteiger partial charge in [-0.05, 0) is 25.5 Å². The molecule has 0 saturated heterocycles. The highest BCUT2D eigenvalue weighted by molar-refractivity contribution is 7.80. The van der Waals surface area contributed by atoms with Crippen LogP contribution in [0.25, 0.3) is 0 Å². The van der Waals surface area contributed by atoms with E-state index in [0.29, 0.717) is 11.3 Å². The lowest BCUT2D eigenvalue weighted by atomic mass is 10.1. The van der Waals surface area contributed by atoms with Gasteiger partial charge in [0.2, 0.25) is 0 Å². The molecule has 1 aromatic rings. The van der Waals surface area contributed by atoms with Crippen molar-refractivity contribution in [1.82, 2.24) is 9.88 Å². The monoisotopic (exact) mass is 265 g/mol. The van der Waals surface area contributed by atoms with Gasteiger partial charge in [-0.1, -0.05) is 25.6 Å². The van der Waals surface area contributed by atoms with E-state index in [0.717, 1.165) is 12.8 Å². The average molecular weight is 265 g/mol. The molecule has 1 rings (SSSR count). The highest BCUT2D eigenvalue weighted by atomic mass is 32.1. The Morgan fingerprint density at radius 3 is 2.67 bits per heavy atom. The number of aromatic nitrogens is 1. The van der Waals surface area contributed by atoms with Gasteiger partial charge in [0.15, 0.2) is 0 Å². The lowest BCUT2D eigenvalue weighted by Gasteiger charge is -2.24. The molecule has 18 heavy (non-hydrogen) atoms. The fourth-order valence-electron chi connectivity index (χ4n) is 1.66. The van der Waals surface area contributed by atoms with Crippen LogP contribution < -0.4 is 5.73 Å². The quantitative estimate of drug-likeness (QED) is 0.827. The third-order valence-electron chi connectivity index (χ3n) is 2.96. The number of hydrogen-bond donors (Lipinski definition) is 1. The van der Waals surface area contributed by atoms with Gasteiger partial charge < -0.3 is 10.6 Å². The number of nitrogens with zero attached hydrogens (tertiary/aromatic N) is 2. The zero-order valence-corrected chi connectivity index (χ0v) is 11.8. The number of carbonyl (C=O) groups is 1. The van der Waals surface area contributed by atoms with Gasteiger partial charge in [-0.25, -0.2) is 0 Å². The zero-order valence-electron chi connectivity index (χ0n) is 11.0. The predicted molar refractivity (Wildman–Crippen MR) is 76.6 cm³/mol. The molecule has 1 atom stereocenters. The van der Waals surface area contributed by atoms with E-state index in [1.165, 1.54) is 6.20 Å². The minimum atomic E-state index is -0.0783. The summed E-state index contributed by atoms with van der Waals surface area (Å²) in [6.45, 7) is 4.13. The third-order valence-corrected chi connectivity index (χ3v) is 3.19. The Morgan fingerprint density at radius 1 is 1.56 bits per heavy atom. The summed E-state index contributed by atoms with van der Waals surface area (Å²) in [7, 11) is 1.80. The van der Waals surface area contributed by atoms with Crippen LogP contribution in [0.5, 0.6) is 0 Å². The molecule has 4 nitrogen and oxygen atoms in total. The maximum absolute atomic E-state index is 12.1. The molecule has 0 aliphatic heterocycles. The summed E-state index contributed by atoms with van der Waals surface area (Å²) in [6, 6.07) is 3.59. The molecule has 1 heterocycles. The molecule has 0 radical (unpaired) electrons. The van der Waals surface area contributed by atoms with Gasteiger partial charge in [0.05, 0.1) is 0 Å². The summed E-state index contributed by atoms with van der Waals surface area (Å²) in [5.41, 5.74) is 6.57. The van der Waals surface area contributed by atoms with E-state index in [-0.39, 0.29) is 16.9 Å². The van der Waals surface area contributed by atoms with E-state index in [2.05, 4.69) is 11.9 Å². The van der Waals surface area contributed by atoms with Gasteiger partial charge in [0, 0.05) is 24.8 Å². The molecule has 0 fully saturated rings. The van der Waals surface area contributed by atoms with Gasteiger partial charge in [-0.15, -0.1) is 0 Å². The fourth-order valence-corrected chi connectivity index (χ4v) is 1.78. The van der Waals surface area contributed by atoms with Crippen molar-refractivity contribution in [2.45, 2.75) is 32.7 Å². The topological polar surface area (TPSA) is 59.2 Å². The highest BCUT2D eigenvalue weighted by Gasteiger charge is 2.17. The van der Waals surface area contributed by atoms with Crippen molar-refractivity contribution in [3.8, 4) is 0 Å². The highest BCUT2D eigenvalue weighted by Crippen LogP contribution is 2.09. The summed E-state index contributed by atoms with van der Waals surface area (Å²) in [5.74, 6) is -0.0783. The molecule has 0 bridgehead atoms. The molecule has 0 spiro atoms. The predicted octanol–water partition coefficient (Wildman–Crippen LogP) is 1.98. The van der Waals surface area contributed by atoms with Crippen LogP contribution in [0.1, 0.15) is 42.7 Å². The van der Waals surface area contributed by atoms with E-state index in [9.17, 15) is 4.79 Å². The first-order valence-corrected chi connectivity index (χ1v) is 6.41. The Labute approximate surface area is 113 Å². The largest absolute Gasteiger partial charge is 0.389 e. The Bertz CT molecular complexity index is 430. The van der Waals surface area contributed by atoms with E-state index >= 15 is 0 Å². The van der Waals surface area contributed by atoms with Gasteiger partial charge in [0.25, 0.3) is 5.91 Å². The number of thiocarbonyl (C=S) groups is 1. The van der Waals surface area contributed by atoms with Crippen LogP contribution in [0.3, 0.4) is 0 Å². The smallest absolute Gasteiger partial charge is 0.272 e. The first-order chi connectivity index (χ1) is 8.47. The molecule has 0 aliphatic rings. The Hall–Kier alpha value is -1.49. The lowest BCUT2D eigenvalue weighted by molar-refractivity contribution is 0.0731. The molecule has 0 aromatic carbocycles. The minimum absolute atomic E-state index is 0.0783. The molecule has 1 unspecified atom stereocenters. The molecule has 1 amide bonds. The molecular formula is C13H19N3OS. The van der Waals surface area contributed by atoms with Crippen LogP contribution in [0, 0.1) is 0 Å². The Morgan fingerprint density at radius 2 is 2.22 bits per heavy atom. The molecular weight excluding hydrogens is 246 g/mol. The zero-order chi connectivity index (χ0) is 13.7. The Kier molecular flexibility index (Phi) is 5.22. The SMILES string of the molecule is CCCC(C)N(C)C(=O)c1ccc(C(N)=S)cn1. The molecule has 2 N–H and O–H groups in total. The van der Waals surface area contributed by atoms with Crippen molar-refractivity contribution in [3.05, 3.63) is 29.6 Å². The van der Waals surface area contributed by atoms with Gasteiger partial charge in [-0.3, -0.25) is 9.78 Å². The molecule has 98 valence electrons. The second-order valence-electron chi connectivity index (χ2n) is 4.35. The van der Waals surface area contributed by atoms with Crippen molar-refractivity contribution in [2.75, 3.05) is 7.05 Å². The third kappa shape index (κ3) is 3.50. The van der Waals surface area contributed by atoms with Crippen LogP contribution in [0.2, 0.25) is 0 Å². The van der Waals surface area contributed by atoms with Crippen molar-refractivity contribution in [1.29, 1.82) is 0 Å². The minimum Gasteiger partial charge on any atom is -0.389 e. The van der Waals surface area contributed by atoms with Crippen molar-refractivity contribution < 1.29 is 4.79 Å². The molecule has 0 aliphatic carbocycles. The van der Waals surface area contributed by atoms with Crippen molar-refractivity contribution in [2.24, 2.45) is 5.73 Å². The second-order valence-corrected chi connectivity index (χ2v) is 4.79. The van der Waals surface area contributed by atoms with Crippen LogP contribution >= 0.6 is 12.2 Å². The van der Waals surface area contributed by atoms with Gasteiger partial charge in [-0.2, -0.15) is 0 Å². The molecule has 0 saturated carbocycles. The summed E-state index contributed by atoms with van der Waals surface area (Å²) < 4.78 is 0. The average Bonchev–Trinajstić information content (AvgIpc) is 2.37. The van der Waals surface area contributed by atoms with Crippen LogP contribution in [0.4, 0.5) is 0 Å². The van der Waals surface area contributed by atoms with E-state index in [1.54, 1.807) is 24.1 Å². The van der Waals surface area contributed by atoms with Gasteiger partial charge >= 0.3 is 0 Å². The number of amides is 1. The molecule has 5 heteroatoms. The summed E-state index contributed by atoms with van der Waals surface area (Å²) >= 11 is 4.84. The van der Waals surface area contributed by atoms with E-state index in [1.807, 2.05) is 6.92 Å². The number of carbonyl (C=O) groups excluding carboxylic acids is 1. The standard InChI is InChI=1S/C13H19N3OS/c1-4-5-9(2)16(3)13(17)11-7-6-10(8-15-11)12(14)18/h6-9H,4-5H2,1-3H3,(H2,14,18). The van der Waals surface area contributed by atoms with Crippen LogP contribution in [-0.2, 0) is 0 Å². The van der Waals surface area contributed by atoms with Crippen molar-refractivity contribution >= 4 is 23.1 Å². The van der Waals surface area contributed by atoms with Gasteiger partial charge in [0.1, 0.15) is 10.7 Å². The molecule has 1 aromatic heterocycles. The summed E-state index contributed by atoms with van der Waals surface area (Å²) in [6.07, 6.45) is 3.56. The number of rotatable bonds is 5. The van der Waals surface area contributed by atoms with Crippen molar-refractivity contribution in [3.63, 3.8) is 0 Å². The number of nitrogens with two attached hydrogens (primary N) is 1. The number of hydrogen-bond acceptors (Lipinski definition) is 3. The van der Waals surface area contributed by atoms with E-state index < -0.39 is 0 Å². The van der Waals surface area contributed by atoms with Crippen LogP contribution in [-0.4, -0.2) is 33.9 Å². The summed E-state index contributed by atoms with van der Waals surface area (Å²) in [4.78, 5) is 18.2. The summed E-state index contributed by atoms with van der Waals surface area (Å²) in [5, 5.41) is 0. The maximum atomic E-state index is 12.1. The Balaban J connectivity index is 2.80. The maximum Gasteiger partial charge on any atom is 0.272 e. The first kappa shape index (κ1) is 14.6. The number of pyridine rings is 1. The van der Waals surface area contributed by atoms with E-state index in [4.69, 9.17) is 18.0 Å². The fraction of sp³-hybridized carbons (Fsp3) is 0.462.